The zero-order valence-electron chi connectivity index (χ0n) is 15.0. The van der Waals surface area contributed by atoms with Crippen molar-refractivity contribution in [1.29, 1.82) is 0 Å². The van der Waals surface area contributed by atoms with Crippen LogP contribution in [0.5, 0.6) is 0 Å². The SMILES string of the molecule is O=C(CCc1ccc(C(F)(F)F)cc1)NC[C@@H]1CCCN1c1ccccc1. The molecule has 144 valence electrons. The van der Waals surface area contributed by atoms with E-state index < -0.39 is 11.7 Å². The summed E-state index contributed by atoms with van der Waals surface area (Å²) in [6.45, 7) is 1.57. The van der Waals surface area contributed by atoms with Gasteiger partial charge >= 0.3 is 6.18 Å². The molecule has 1 fully saturated rings. The molecule has 3 rings (SSSR count). The average molecular weight is 376 g/mol. The van der Waals surface area contributed by atoms with Crippen molar-refractivity contribution in [3.63, 3.8) is 0 Å². The van der Waals surface area contributed by atoms with Gasteiger partial charge in [-0.05, 0) is 49.1 Å². The largest absolute Gasteiger partial charge is 0.416 e. The van der Waals surface area contributed by atoms with Crippen LogP contribution in [0.25, 0.3) is 0 Å². The maximum Gasteiger partial charge on any atom is 0.416 e. The molecule has 1 aliphatic heterocycles. The number of para-hydroxylation sites is 1. The molecule has 1 N–H and O–H groups in total. The normalized spacial score (nSPS) is 17.1. The molecule has 0 aliphatic carbocycles. The van der Waals surface area contributed by atoms with E-state index in [2.05, 4.69) is 22.3 Å². The van der Waals surface area contributed by atoms with Gasteiger partial charge in [-0.3, -0.25) is 4.79 Å². The maximum atomic E-state index is 12.6. The van der Waals surface area contributed by atoms with Crippen molar-refractivity contribution in [3.05, 3.63) is 65.7 Å². The summed E-state index contributed by atoms with van der Waals surface area (Å²) in [4.78, 5) is 14.4. The zero-order valence-corrected chi connectivity index (χ0v) is 15.0. The molecule has 1 aliphatic rings. The summed E-state index contributed by atoms with van der Waals surface area (Å²) >= 11 is 0. The number of alkyl halides is 3. The molecule has 27 heavy (non-hydrogen) atoms. The monoisotopic (exact) mass is 376 g/mol. The van der Waals surface area contributed by atoms with Crippen molar-refractivity contribution in [3.8, 4) is 0 Å². The van der Waals surface area contributed by atoms with Crippen LogP contribution < -0.4 is 10.2 Å². The predicted molar refractivity (Wildman–Crippen MR) is 99.6 cm³/mol. The fourth-order valence-corrected chi connectivity index (χ4v) is 3.45. The summed E-state index contributed by atoms with van der Waals surface area (Å²) in [5.74, 6) is -0.0743. The Kier molecular flexibility index (Phi) is 6.04. The fraction of sp³-hybridized carbons (Fsp3) is 0.381. The van der Waals surface area contributed by atoms with Crippen LogP contribution in [0.1, 0.15) is 30.4 Å². The van der Waals surface area contributed by atoms with Gasteiger partial charge in [0.25, 0.3) is 0 Å². The number of aryl methyl sites for hydroxylation is 1. The van der Waals surface area contributed by atoms with Gasteiger partial charge in [0.1, 0.15) is 0 Å². The van der Waals surface area contributed by atoms with Crippen LogP contribution >= 0.6 is 0 Å². The van der Waals surface area contributed by atoms with Crippen molar-refractivity contribution in [1.82, 2.24) is 5.32 Å². The van der Waals surface area contributed by atoms with E-state index in [1.807, 2.05) is 18.2 Å². The minimum Gasteiger partial charge on any atom is -0.367 e. The van der Waals surface area contributed by atoms with E-state index >= 15 is 0 Å². The molecule has 0 bridgehead atoms. The number of nitrogens with zero attached hydrogens (tertiary/aromatic N) is 1. The van der Waals surface area contributed by atoms with E-state index in [1.165, 1.54) is 17.8 Å². The van der Waals surface area contributed by atoms with E-state index in [4.69, 9.17) is 0 Å². The quantitative estimate of drug-likeness (QED) is 0.809. The molecule has 0 radical (unpaired) electrons. The summed E-state index contributed by atoms with van der Waals surface area (Å²) in [6.07, 6.45) is -1.50. The molecule has 6 heteroatoms. The Bertz CT molecular complexity index is 744. The van der Waals surface area contributed by atoms with Crippen molar-refractivity contribution in [2.75, 3.05) is 18.0 Å². The second-order valence-corrected chi connectivity index (χ2v) is 6.82. The number of halogens is 3. The molecule has 2 aromatic carbocycles. The highest BCUT2D eigenvalue weighted by atomic mass is 19.4. The van der Waals surface area contributed by atoms with E-state index in [0.29, 0.717) is 13.0 Å². The molecular weight excluding hydrogens is 353 g/mol. The molecule has 1 atom stereocenters. The highest BCUT2D eigenvalue weighted by Crippen LogP contribution is 2.29. The van der Waals surface area contributed by atoms with Gasteiger partial charge in [-0.25, -0.2) is 0 Å². The second kappa shape index (κ2) is 8.46. The van der Waals surface area contributed by atoms with Gasteiger partial charge in [-0.1, -0.05) is 30.3 Å². The third-order valence-electron chi connectivity index (χ3n) is 4.92. The van der Waals surface area contributed by atoms with E-state index in [0.717, 1.165) is 37.1 Å². The number of carbonyl (C=O) groups excluding carboxylic acids is 1. The predicted octanol–water partition coefficient (Wildman–Crippen LogP) is 4.42. The Balaban J connectivity index is 1.46. The number of nitrogens with one attached hydrogen (secondary N) is 1. The Morgan fingerprint density at radius 2 is 1.78 bits per heavy atom. The zero-order chi connectivity index (χ0) is 19.3. The van der Waals surface area contributed by atoms with E-state index in [9.17, 15) is 18.0 Å². The first-order valence-electron chi connectivity index (χ1n) is 9.18. The van der Waals surface area contributed by atoms with Crippen LogP contribution in [-0.2, 0) is 17.4 Å². The summed E-state index contributed by atoms with van der Waals surface area (Å²) in [5.41, 5.74) is 1.22. The molecule has 0 unspecified atom stereocenters. The number of anilines is 1. The van der Waals surface area contributed by atoms with Crippen molar-refractivity contribution >= 4 is 11.6 Å². The molecule has 0 aromatic heterocycles. The van der Waals surface area contributed by atoms with Gasteiger partial charge in [0.05, 0.1) is 5.56 Å². The lowest BCUT2D eigenvalue weighted by Crippen LogP contribution is -2.40. The van der Waals surface area contributed by atoms with Crippen molar-refractivity contribution < 1.29 is 18.0 Å². The third kappa shape index (κ3) is 5.25. The van der Waals surface area contributed by atoms with Crippen molar-refractivity contribution in [2.45, 2.75) is 37.9 Å². The number of amides is 1. The Morgan fingerprint density at radius 3 is 2.44 bits per heavy atom. The Hall–Kier alpha value is -2.50. The number of hydrogen-bond donors (Lipinski definition) is 1. The van der Waals surface area contributed by atoms with Gasteiger partial charge in [0.15, 0.2) is 0 Å². The molecule has 2 aromatic rings. The molecule has 3 nitrogen and oxygen atoms in total. The first-order chi connectivity index (χ1) is 12.9. The van der Waals surface area contributed by atoms with Crippen LogP contribution in [-0.4, -0.2) is 25.0 Å². The van der Waals surface area contributed by atoms with Gasteiger partial charge in [-0.15, -0.1) is 0 Å². The minimum atomic E-state index is -4.33. The summed E-state index contributed by atoms with van der Waals surface area (Å²) < 4.78 is 37.7. The van der Waals surface area contributed by atoms with Crippen molar-refractivity contribution in [2.24, 2.45) is 0 Å². The van der Waals surface area contributed by atoms with Crippen LogP contribution in [0.3, 0.4) is 0 Å². The number of rotatable bonds is 6. The molecule has 0 saturated carbocycles. The third-order valence-corrected chi connectivity index (χ3v) is 4.92. The highest BCUT2D eigenvalue weighted by Gasteiger charge is 2.30. The number of hydrogen-bond acceptors (Lipinski definition) is 2. The average Bonchev–Trinajstić information content (AvgIpc) is 3.13. The van der Waals surface area contributed by atoms with Gasteiger partial charge in [-0.2, -0.15) is 13.2 Å². The first kappa shape index (κ1) is 19.3. The fourth-order valence-electron chi connectivity index (χ4n) is 3.45. The molecule has 1 heterocycles. The molecule has 1 saturated heterocycles. The van der Waals surface area contributed by atoms with Crippen LogP contribution in [0.15, 0.2) is 54.6 Å². The summed E-state index contributed by atoms with van der Waals surface area (Å²) in [7, 11) is 0. The number of benzene rings is 2. The van der Waals surface area contributed by atoms with Crippen LogP contribution in [0.4, 0.5) is 18.9 Å². The topological polar surface area (TPSA) is 32.3 Å². The standard InChI is InChI=1S/C21H23F3N2O/c22-21(23,24)17-11-8-16(9-12-17)10-13-20(27)25-15-19-7-4-14-26(19)18-5-2-1-3-6-18/h1-3,5-6,8-9,11-12,19H,4,7,10,13-15H2,(H,25,27)/t19-/m0/s1. The first-order valence-corrected chi connectivity index (χ1v) is 9.18. The van der Waals surface area contributed by atoms with Gasteiger partial charge < -0.3 is 10.2 Å². The Morgan fingerprint density at radius 1 is 1.07 bits per heavy atom. The smallest absolute Gasteiger partial charge is 0.367 e. The lowest BCUT2D eigenvalue weighted by molar-refractivity contribution is -0.137. The molecular formula is C21H23F3N2O. The van der Waals surface area contributed by atoms with Crippen LogP contribution in [0.2, 0.25) is 0 Å². The number of carbonyl (C=O) groups is 1. The lowest BCUT2D eigenvalue weighted by atomic mass is 10.1. The maximum absolute atomic E-state index is 12.6. The summed E-state index contributed by atoms with van der Waals surface area (Å²) in [5, 5.41) is 2.97. The highest BCUT2D eigenvalue weighted by molar-refractivity contribution is 5.76. The molecule has 0 spiro atoms. The Labute approximate surface area is 157 Å². The van der Waals surface area contributed by atoms with Gasteiger partial charge in [0.2, 0.25) is 5.91 Å². The lowest BCUT2D eigenvalue weighted by Gasteiger charge is -2.27. The summed E-state index contributed by atoms with van der Waals surface area (Å²) in [6, 6.07) is 15.4. The minimum absolute atomic E-state index is 0.0743. The second-order valence-electron chi connectivity index (χ2n) is 6.82. The molecule has 1 amide bonds. The van der Waals surface area contributed by atoms with Crippen LogP contribution in [0, 0.1) is 0 Å². The van der Waals surface area contributed by atoms with E-state index in [-0.39, 0.29) is 18.4 Å². The van der Waals surface area contributed by atoms with E-state index in [1.54, 1.807) is 0 Å². The van der Waals surface area contributed by atoms with Gasteiger partial charge in [0, 0.05) is 31.2 Å².